The fourth-order valence-electron chi connectivity index (χ4n) is 3.64. The van der Waals surface area contributed by atoms with Gasteiger partial charge in [0.2, 0.25) is 0 Å². The highest BCUT2D eigenvalue weighted by Gasteiger charge is 2.23. The van der Waals surface area contributed by atoms with Crippen molar-refractivity contribution >= 4 is 0 Å². The predicted molar refractivity (Wildman–Crippen MR) is 83.4 cm³/mol. The van der Waals surface area contributed by atoms with Gasteiger partial charge in [-0.05, 0) is 32.6 Å². The molecule has 1 aliphatic rings. The highest BCUT2D eigenvalue weighted by molar-refractivity contribution is 4.64. The molecule has 19 heavy (non-hydrogen) atoms. The summed E-state index contributed by atoms with van der Waals surface area (Å²) in [4.78, 5) is 0. The number of hydrogen-bond donors (Lipinski definition) is 0. The van der Waals surface area contributed by atoms with Crippen molar-refractivity contribution in [1.82, 2.24) is 0 Å². The van der Waals surface area contributed by atoms with E-state index < -0.39 is 0 Å². The number of hydrogen-bond acceptors (Lipinski definition) is 1. The minimum Gasteiger partial charge on any atom is -0.378 e. The van der Waals surface area contributed by atoms with E-state index in [1.807, 2.05) is 0 Å². The van der Waals surface area contributed by atoms with E-state index in [2.05, 4.69) is 20.8 Å². The third-order valence-electron chi connectivity index (χ3n) is 4.75. The molecule has 0 amide bonds. The maximum absolute atomic E-state index is 6.07. The number of rotatable bonds is 10. The van der Waals surface area contributed by atoms with Crippen LogP contribution in [0.2, 0.25) is 0 Å². The lowest BCUT2D eigenvalue weighted by atomic mass is 9.98. The van der Waals surface area contributed by atoms with Crippen molar-refractivity contribution < 1.29 is 9.22 Å². The average Bonchev–Trinajstić information content (AvgIpc) is 2.45. The predicted octanol–water partition coefficient (Wildman–Crippen LogP) is 4.38. The van der Waals surface area contributed by atoms with Crippen molar-refractivity contribution in [3.63, 3.8) is 0 Å². The molecule has 1 saturated carbocycles. The number of nitrogens with zero attached hydrogens (tertiary/aromatic N) is 1. The van der Waals surface area contributed by atoms with Gasteiger partial charge in [0.25, 0.3) is 0 Å². The van der Waals surface area contributed by atoms with E-state index in [1.54, 1.807) is 0 Å². The van der Waals surface area contributed by atoms with Crippen LogP contribution in [-0.2, 0) is 4.74 Å². The van der Waals surface area contributed by atoms with Gasteiger partial charge in [0.1, 0.15) is 0 Å². The van der Waals surface area contributed by atoms with Crippen LogP contribution in [0.1, 0.15) is 72.1 Å². The fourth-order valence-corrected chi connectivity index (χ4v) is 3.64. The second-order valence-electron chi connectivity index (χ2n) is 6.31. The minimum absolute atomic E-state index is 0.578. The Hall–Kier alpha value is -0.0800. The van der Waals surface area contributed by atoms with E-state index >= 15 is 0 Å². The highest BCUT2D eigenvalue weighted by Crippen LogP contribution is 2.20. The summed E-state index contributed by atoms with van der Waals surface area (Å²) in [5, 5.41) is 0. The lowest BCUT2D eigenvalue weighted by Gasteiger charge is -2.38. The molecule has 0 unspecified atom stereocenters. The molecule has 0 bridgehead atoms. The molecule has 114 valence electrons. The highest BCUT2D eigenvalue weighted by atomic mass is 16.5. The topological polar surface area (TPSA) is 9.23 Å². The molecule has 0 aliphatic heterocycles. The van der Waals surface area contributed by atoms with Gasteiger partial charge in [-0.1, -0.05) is 33.1 Å². The maximum atomic E-state index is 6.07. The molecule has 2 nitrogen and oxygen atoms in total. The molecule has 2 heteroatoms. The summed E-state index contributed by atoms with van der Waals surface area (Å²) in [6.45, 7) is 13.2. The second-order valence-corrected chi connectivity index (χ2v) is 6.31. The molecule has 0 atom stereocenters. The van der Waals surface area contributed by atoms with Crippen molar-refractivity contribution in [2.24, 2.45) is 0 Å². The molecule has 1 fully saturated rings. The molecule has 0 saturated heterocycles. The zero-order valence-electron chi connectivity index (χ0n) is 13.6. The van der Waals surface area contributed by atoms with Crippen LogP contribution in [0.5, 0.6) is 0 Å². The van der Waals surface area contributed by atoms with E-state index in [1.165, 1.54) is 82.0 Å². The van der Waals surface area contributed by atoms with E-state index in [-0.39, 0.29) is 0 Å². The van der Waals surface area contributed by atoms with Gasteiger partial charge < -0.3 is 9.22 Å². The van der Waals surface area contributed by atoms with Crippen LogP contribution in [0.25, 0.3) is 0 Å². The molecule has 0 aromatic heterocycles. The Morgan fingerprint density at radius 3 is 2.05 bits per heavy atom. The molecule has 1 rings (SSSR count). The Bertz CT molecular complexity index is 205. The molecular weight excluding hydrogens is 234 g/mol. The van der Waals surface area contributed by atoms with Gasteiger partial charge in [-0.2, -0.15) is 0 Å². The normalized spacial score (nSPS) is 17.8. The fraction of sp³-hybridized carbons (Fsp3) is 1.00. The van der Waals surface area contributed by atoms with Gasteiger partial charge in [0, 0.05) is 6.42 Å². The van der Waals surface area contributed by atoms with Crippen molar-refractivity contribution in [1.29, 1.82) is 0 Å². The summed E-state index contributed by atoms with van der Waals surface area (Å²) < 4.78 is 7.38. The quantitative estimate of drug-likeness (QED) is 0.423. The molecular formula is C17H36NO+. The summed E-state index contributed by atoms with van der Waals surface area (Å²) in [6, 6.07) is 0. The Balaban J connectivity index is 2.22. The van der Waals surface area contributed by atoms with Crippen molar-refractivity contribution in [3.05, 3.63) is 0 Å². The Morgan fingerprint density at radius 1 is 0.895 bits per heavy atom. The van der Waals surface area contributed by atoms with Gasteiger partial charge in [-0.15, -0.1) is 0 Å². The van der Waals surface area contributed by atoms with Gasteiger partial charge in [-0.3, -0.25) is 0 Å². The number of quaternary nitrogens is 1. The Kier molecular flexibility index (Phi) is 8.72. The van der Waals surface area contributed by atoms with Gasteiger partial charge in [0.05, 0.1) is 38.9 Å². The zero-order chi connectivity index (χ0) is 14.0. The summed E-state index contributed by atoms with van der Waals surface area (Å²) in [7, 11) is 0. The lowest BCUT2D eigenvalue weighted by Crippen LogP contribution is -2.50. The van der Waals surface area contributed by atoms with E-state index in [9.17, 15) is 0 Å². The van der Waals surface area contributed by atoms with Gasteiger partial charge in [0.15, 0.2) is 0 Å². The first-order valence-corrected chi connectivity index (χ1v) is 8.73. The number of ether oxygens (including phenoxy) is 1. The van der Waals surface area contributed by atoms with Crippen LogP contribution < -0.4 is 0 Å². The Labute approximate surface area is 121 Å². The monoisotopic (exact) mass is 270 g/mol. The average molecular weight is 270 g/mol. The smallest absolute Gasteiger partial charge is 0.0808 e. The molecule has 0 heterocycles. The van der Waals surface area contributed by atoms with Gasteiger partial charge in [-0.25, -0.2) is 0 Å². The largest absolute Gasteiger partial charge is 0.378 e. The van der Waals surface area contributed by atoms with Gasteiger partial charge >= 0.3 is 0 Å². The van der Waals surface area contributed by atoms with Crippen LogP contribution >= 0.6 is 0 Å². The first kappa shape index (κ1) is 17.0. The summed E-state index contributed by atoms with van der Waals surface area (Å²) >= 11 is 0. The van der Waals surface area contributed by atoms with Crippen LogP contribution in [0.3, 0.4) is 0 Å². The van der Waals surface area contributed by atoms with E-state index in [0.717, 1.165) is 6.61 Å². The van der Waals surface area contributed by atoms with Crippen LogP contribution in [0.4, 0.5) is 0 Å². The summed E-state index contributed by atoms with van der Waals surface area (Å²) in [6.07, 6.45) is 11.2. The zero-order valence-corrected chi connectivity index (χ0v) is 13.6. The third kappa shape index (κ3) is 6.27. The first-order valence-electron chi connectivity index (χ1n) is 8.73. The molecule has 0 N–H and O–H groups in total. The van der Waals surface area contributed by atoms with Crippen molar-refractivity contribution in [2.45, 2.75) is 78.2 Å². The van der Waals surface area contributed by atoms with E-state index in [4.69, 9.17) is 4.74 Å². The molecule has 0 aromatic carbocycles. The first-order chi connectivity index (χ1) is 9.26. The summed E-state index contributed by atoms with van der Waals surface area (Å²) in [5.74, 6) is 0. The third-order valence-corrected chi connectivity index (χ3v) is 4.75. The van der Waals surface area contributed by atoms with Crippen LogP contribution in [-0.4, -0.2) is 43.4 Å². The molecule has 0 aromatic rings. The molecule has 0 radical (unpaired) electrons. The Morgan fingerprint density at radius 2 is 1.53 bits per heavy atom. The molecule has 1 aliphatic carbocycles. The minimum atomic E-state index is 0.578. The van der Waals surface area contributed by atoms with E-state index in [0.29, 0.717) is 6.10 Å². The molecule has 0 spiro atoms. The second kappa shape index (κ2) is 9.77. The van der Waals surface area contributed by atoms with Crippen molar-refractivity contribution in [2.75, 3.05) is 32.8 Å². The van der Waals surface area contributed by atoms with Crippen molar-refractivity contribution in [3.8, 4) is 0 Å². The maximum Gasteiger partial charge on any atom is 0.0808 e. The SMILES string of the molecule is CCC[N+](CC)(CCC)CCCOC1CCCCC1. The lowest BCUT2D eigenvalue weighted by molar-refractivity contribution is -0.926. The van der Waals surface area contributed by atoms with Crippen LogP contribution in [0.15, 0.2) is 0 Å². The summed E-state index contributed by atoms with van der Waals surface area (Å²) in [5.41, 5.74) is 0. The standard InChI is InChI=1S/C17H36NO/c1-4-13-18(6-3,14-5-2)15-10-16-19-17-11-8-7-9-12-17/h17H,4-16H2,1-3H3/q+1. The van der Waals surface area contributed by atoms with Crippen LogP contribution in [0, 0.1) is 0 Å².